The summed E-state index contributed by atoms with van der Waals surface area (Å²) in [6, 6.07) is 0.507. The second-order valence-electron chi connectivity index (χ2n) is 5.41. The Bertz CT molecular complexity index is 301. The average Bonchev–Trinajstić information content (AvgIpc) is 2.71. The van der Waals surface area contributed by atoms with E-state index >= 15 is 0 Å². The summed E-state index contributed by atoms with van der Waals surface area (Å²) >= 11 is 2.00. The fourth-order valence-electron chi connectivity index (χ4n) is 2.73. The Morgan fingerprint density at radius 2 is 2.17 bits per heavy atom. The standard InChI is InChI=1S/C13H24N2O2S/c1-10-11(2)18-7-6-14(10)8-12(16)9-15-5-3-4-13(15)17/h10-12,16H,3-9H2,1-2H3. The van der Waals surface area contributed by atoms with Crippen LogP contribution >= 0.6 is 11.8 Å². The van der Waals surface area contributed by atoms with Crippen LogP contribution in [0.15, 0.2) is 0 Å². The molecule has 5 heteroatoms. The van der Waals surface area contributed by atoms with Crippen LogP contribution in [0.4, 0.5) is 0 Å². The molecule has 2 saturated heterocycles. The molecule has 2 heterocycles. The highest BCUT2D eigenvalue weighted by Crippen LogP contribution is 2.24. The summed E-state index contributed by atoms with van der Waals surface area (Å²) in [6.07, 6.45) is 1.18. The molecule has 0 aromatic heterocycles. The van der Waals surface area contributed by atoms with E-state index in [9.17, 15) is 9.90 Å². The van der Waals surface area contributed by atoms with E-state index in [2.05, 4.69) is 18.7 Å². The minimum atomic E-state index is -0.412. The van der Waals surface area contributed by atoms with Gasteiger partial charge < -0.3 is 10.0 Å². The molecular formula is C13H24N2O2S. The molecule has 4 nitrogen and oxygen atoms in total. The van der Waals surface area contributed by atoms with Crippen molar-refractivity contribution in [1.82, 2.24) is 9.80 Å². The highest BCUT2D eigenvalue weighted by Gasteiger charge is 2.28. The van der Waals surface area contributed by atoms with Gasteiger partial charge in [-0.2, -0.15) is 11.8 Å². The van der Waals surface area contributed by atoms with Crippen LogP contribution in [-0.4, -0.2) is 70.1 Å². The molecule has 104 valence electrons. The van der Waals surface area contributed by atoms with Crippen molar-refractivity contribution >= 4 is 17.7 Å². The highest BCUT2D eigenvalue weighted by molar-refractivity contribution is 8.00. The number of aliphatic hydroxyl groups is 1. The van der Waals surface area contributed by atoms with Gasteiger partial charge in [-0.1, -0.05) is 6.92 Å². The summed E-state index contributed by atoms with van der Waals surface area (Å²) in [5.74, 6) is 1.34. The normalized spacial score (nSPS) is 31.9. The lowest BCUT2D eigenvalue weighted by Gasteiger charge is -2.38. The molecule has 0 aromatic rings. The molecule has 3 atom stereocenters. The molecule has 0 aliphatic carbocycles. The van der Waals surface area contributed by atoms with E-state index in [1.165, 1.54) is 0 Å². The average molecular weight is 272 g/mol. The van der Waals surface area contributed by atoms with E-state index in [1.807, 2.05) is 11.8 Å². The van der Waals surface area contributed by atoms with Crippen LogP contribution in [0.25, 0.3) is 0 Å². The van der Waals surface area contributed by atoms with Gasteiger partial charge in [0.1, 0.15) is 0 Å². The van der Waals surface area contributed by atoms with Crippen molar-refractivity contribution in [2.75, 3.05) is 31.9 Å². The van der Waals surface area contributed by atoms with E-state index in [0.29, 0.717) is 30.8 Å². The summed E-state index contributed by atoms with van der Waals surface area (Å²) in [7, 11) is 0. The van der Waals surface area contributed by atoms with Crippen molar-refractivity contribution in [2.45, 2.75) is 44.1 Å². The first-order valence-corrected chi connectivity index (χ1v) is 7.94. The number of thioether (sulfide) groups is 1. The quantitative estimate of drug-likeness (QED) is 0.822. The van der Waals surface area contributed by atoms with Crippen LogP contribution in [0.3, 0.4) is 0 Å². The minimum Gasteiger partial charge on any atom is -0.390 e. The fraction of sp³-hybridized carbons (Fsp3) is 0.923. The summed E-state index contributed by atoms with van der Waals surface area (Å²) in [6.45, 7) is 7.53. The summed E-state index contributed by atoms with van der Waals surface area (Å²) < 4.78 is 0. The lowest BCUT2D eigenvalue weighted by Crippen LogP contribution is -2.49. The Labute approximate surface area is 114 Å². The number of aliphatic hydroxyl groups excluding tert-OH is 1. The van der Waals surface area contributed by atoms with Crippen molar-refractivity contribution < 1.29 is 9.90 Å². The molecule has 2 rings (SSSR count). The van der Waals surface area contributed by atoms with Gasteiger partial charge in [0.05, 0.1) is 6.10 Å². The first-order valence-electron chi connectivity index (χ1n) is 6.89. The van der Waals surface area contributed by atoms with Crippen LogP contribution in [0.1, 0.15) is 26.7 Å². The summed E-state index contributed by atoms with van der Waals surface area (Å²) in [4.78, 5) is 15.7. The van der Waals surface area contributed by atoms with Gasteiger partial charge >= 0.3 is 0 Å². The molecular weight excluding hydrogens is 248 g/mol. The molecule has 3 unspecified atom stereocenters. The Morgan fingerprint density at radius 3 is 2.83 bits per heavy atom. The molecule has 18 heavy (non-hydrogen) atoms. The first kappa shape index (κ1) is 14.2. The third-order valence-corrected chi connectivity index (χ3v) is 5.40. The van der Waals surface area contributed by atoms with E-state index in [4.69, 9.17) is 0 Å². The number of carbonyl (C=O) groups excluding carboxylic acids is 1. The van der Waals surface area contributed by atoms with E-state index < -0.39 is 6.10 Å². The lowest BCUT2D eigenvalue weighted by atomic mass is 10.2. The van der Waals surface area contributed by atoms with Gasteiger partial charge in [-0.25, -0.2) is 0 Å². The maximum atomic E-state index is 11.5. The van der Waals surface area contributed by atoms with E-state index in [-0.39, 0.29) is 5.91 Å². The third kappa shape index (κ3) is 3.39. The predicted molar refractivity (Wildman–Crippen MR) is 74.8 cm³/mol. The van der Waals surface area contributed by atoms with Crippen molar-refractivity contribution in [3.63, 3.8) is 0 Å². The molecule has 0 saturated carbocycles. The third-order valence-electron chi connectivity index (χ3n) is 4.06. The Morgan fingerprint density at radius 1 is 1.39 bits per heavy atom. The zero-order valence-electron chi connectivity index (χ0n) is 11.3. The molecule has 1 N–H and O–H groups in total. The van der Waals surface area contributed by atoms with Gasteiger partial charge in [-0.3, -0.25) is 9.69 Å². The second kappa shape index (κ2) is 6.26. The number of amides is 1. The number of rotatable bonds is 4. The predicted octanol–water partition coefficient (Wildman–Crippen LogP) is 0.795. The van der Waals surface area contributed by atoms with Crippen molar-refractivity contribution in [2.24, 2.45) is 0 Å². The molecule has 0 aromatic carbocycles. The molecule has 2 aliphatic rings. The Balaban J connectivity index is 1.79. The number of β-amino-alcohol motifs (C(OH)–C–C–N with tert-alkyl or cyclic N) is 1. The smallest absolute Gasteiger partial charge is 0.222 e. The zero-order valence-corrected chi connectivity index (χ0v) is 12.2. The van der Waals surface area contributed by atoms with E-state index in [1.54, 1.807) is 4.90 Å². The number of carbonyl (C=O) groups is 1. The highest BCUT2D eigenvalue weighted by atomic mass is 32.2. The summed E-state index contributed by atoms with van der Waals surface area (Å²) in [5.41, 5.74) is 0. The van der Waals surface area contributed by atoms with Gasteiger partial charge in [-0.15, -0.1) is 0 Å². The molecule has 0 radical (unpaired) electrons. The SMILES string of the molecule is CC1SCCN(CC(O)CN2CCCC2=O)C1C. The van der Waals surface area contributed by atoms with E-state index in [0.717, 1.165) is 25.3 Å². The molecule has 0 spiro atoms. The number of hydrogen-bond donors (Lipinski definition) is 1. The zero-order chi connectivity index (χ0) is 13.1. The molecule has 2 aliphatic heterocycles. The van der Waals surface area contributed by atoms with Gasteiger partial charge in [0.15, 0.2) is 0 Å². The largest absolute Gasteiger partial charge is 0.390 e. The first-order chi connectivity index (χ1) is 8.58. The van der Waals surface area contributed by atoms with Gasteiger partial charge in [0.25, 0.3) is 0 Å². The monoisotopic (exact) mass is 272 g/mol. The fourth-order valence-corrected chi connectivity index (χ4v) is 3.90. The van der Waals surface area contributed by atoms with Crippen LogP contribution in [0, 0.1) is 0 Å². The van der Waals surface area contributed by atoms with Crippen molar-refractivity contribution in [1.29, 1.82) is 0 Å². The maximum absolute atomic E-state index is 11.5. The van der Waals surface area contributed by atoms with Gasteiger partial charge in [-0.05, 0) is 13.3 Å². The number of nitrogens with zero attached hydrogens (tertiary/aromatic N) is 2. The van der Waals surface area contributed by atoms with Crippen LogP contribution in [-0.2, 0) is 4.79 Å². The lowest BCUT2D eigenvalue weighted by molar-refractivity contribution is -0.129. The van der Waals surface area contributed by atoms with Crippen molar-refractivity contribution in [3.05, 3.63) is 0 Å². The van der Waals surface area contributed by atoms with Crippen LogP contribution in [0.5, 0.6) is 0 Å². The van der Waals surface area contributed by atoms with Crippen molar-refractivity contribution in [3.8, 4) is 0 Å². The summed E-state index contributed by atoms with van der Waals surface area (Å²) in [5, 5.41) is 10.8. The van der Waals surface area contributed by atoms with Gasteiger partial charge in [0.2, 0.25) is 5.91 Å². The number of likely N-dealkylation sites (tertiary alicyclic amines) is 1. The van der Waals surface area contributed by atoms with Gasteiger partial charge in [0, 0.05) is 49.6 Å². The minimum absolute atomic E-state index is 0.199. The second-order valence-corrected chi connectivity index (χ2v) is 6.89. The topological polar surface area (TPSA) is 43.8 Å². The Kier molecular flexibility index (Phi) is 4.92. The number of hydrogen-bond acceptors (Lipinski definition) is 4. The van der Waals surface area contributed by atoms with Crippen LogP contribution < -0.4 is 0 Å². The molecule has 0 bridgehead atoms. The molecule has 2 fully saturated rings. The molecule has 1 amide bonds. The Hall–Kier alpha value is -0.260. The maximum Gasteiger partial charge on any atom is 0.222 e. The van der Waals surface area contributed by atoms with Crippen LogP contribution in [0.2, 0.25) is 0 Å².